The van der Waals surface area contributed by atoms with Gasteiger partial charge in [0.15, 0.2) is 0 Å². The maximum Gasteiger partial charge on any atom is 0.345 e. The first-order valence-corrected chi connectivity index (χ1v) is 8.35. The summed E-state index contributed by atoms with van der Waals surface area (Å²) in [5.74, 6) is -0.491. The van der Waals surface area contributed by atoms with Crippen molar-refractivity contribution in [3.63, 3.8) is 0 Å². The summed E-state index contributed by atoms with van der Waals surface area (Å²) in [4.78, 5) is 10.7. The topological polar surface area (TPSA) is 92.7 Å². The molecule has 6 nitrogen and oxygen atoms in total. The van der Waals surface area contributed by atoms with E-state index in [0.29, 0.717) is 5.75 Å². The molecule has 2 aromatic rings. The monoisotopic (exact) mass is 327 g/mol. The maximum atomic E-state index is 11.9. The van der Waals surface area contributed by atoms with E-state index >= 15 is 0 Å². The van der Waals surface area contributed by atoms with Crippen molar-refractivity contribution in [2.24, 2.45) is 0 Å². The Bertz CT molecular complexity index is 709. The van der Waals surface area contributed by atoms with Gasteiger partial charge >= 0.3 is 5.97 Å². The van der Waals surface area contributed by atoms with Gasteiger partial charge in [0.2, 0.25) is 10.0 Å². The second-order valence-corrected chi connectivity index (χ2v) is 6.69. The van der Waals surface area contributed by atoms with E-state index in [1.54, 1.807) is 12.1 Å². The van der Waals surface area contributed by atoms with E-state index in [-0.39, 0.29) is 22.9 Å². The third kappa shape index (κ3) is 4.28. The molecule has 8 heteroatoms. The average molecular weight is 327 g/mol. The minimum atomic E-state index is -3.71. The van der Waals surface area contributed by atoms with Crippen LogP contribution >= 0.6 is 11.3 Å². The van der Waals surface area contributed by atoms with E-state index in [0.717, 1.165) is 17.4 Å². The molecule has 1 heterocycles. The van der Waals surface area contributed by atoms with Crippen LogP contribution < -0.4 is 9.46 Å². The van der Waals surface area contributed by atoms with Gasteiger partial charge in [-0.15, -0.1) is 11.3 Å². The summed E-state index contributed by atoms with van der Waals surface area (Å²) in [6, 6.07) is 10.2. The molecule has 0 saturated heterocycles. The molecule has 1 aromatic heterocycles. The van der Waals surface area contributed by atoms with Gasteiger partial charge in [-0.25, -0.2) is 17.9 Å². The van der Waals surface area contributed by atoms with Gasteiger partial charge in [0.1, 0.15) is 17.2 Å². The highest BCUT2D eigenvalue weighted by Gasteiger charge is 2.17. The molecule has 0 spiro atoms. The number of sulfonamides is 1. The van der Waals surface area contributed by atoms with Crippen molar-refractivity contribution in [1.82, 2.24) is 4.72 Å². The lowest BCUT2D eigenvalue weighted by Crippen LogP contribution is -2.28. The molecule has 0 aliphatic heterocycles. The fourth-order valence-corrected chi connectivity index (χ4v) is 3.64. The number of carboxylic acid groups (broad SMARTS) is 1. The molecule has 21 heavy (non-hydrogen) atoms. The predicted octanol–water partition coefficient (Wildman–Crippen LogP) is 1.80. The molecule has 0 bridgehead atoms. The fourth-order valence-electron chi connectivity index (χ4n) is 1.52. The molecule has 0 atom stereocenters. The van der Waals surface area contributed by atoms with Gasteiger partial charge in [-0.1, -0.05) is 18.2 Å². The van der Waals surface area contributed by atoms with E-state index in [4.69, 9.17) is 9.84 Å². The highest BCUT2D eigenvalue weighted by atomic mass is 32.2. The van der Waals surface area contributed by atoms with Gasteiger partial charge in [-0.3, -0.25) is 0 Å². The summed E-state index contributed by atoms with van der Waals surface area (Å²) < 4.78 is 31.6. The number of carbonyl (C=O) groups is 1. The molecule has 0 saturated carbocycles. The maximum absolute atomic E-state index is 11.9. The van der Waals surface area contributed by atoms with Crippen molar-refractivity contribution < 1.29 is 23.1 Å². The van der Waals surface area contributed by atoms with Crippen LogP contribution in [0.1, 0.15) is 9.67 Å². The molecule has 0 unspecified atom stereocenters. The third-order valence-electron chi connectivity index (χ3n) is 2.50. The summed E-state index contributed by atoms with van der Waals surface area (Å²) >= 11 is 0.871. The van der Waals surface area contributed by atoms with E-state index in [9.17, 15) is 13.2 Å². The molecule has 1 aromatic carbocycles. The van der Waals surface area contributed by atoms with Crippen LogP contribution in [0.5, 0.6) is 5.75 Å². The van der Waals surface area contributed by atoms with Crippen LogP contribution in [-0.2, 0) is 10.0 Å². The number of rotatable bonds is 7. The normalized spacial score (nSPS) is 11.2. The van der Waals surface area contributed by atoms with Crippen molar-refractivity contribution in [1.29, 1.82) is 0 Å². The number of hydrogen-bond donors (Lipinski definition) is 2. The summed E-state index contributed by atoms with van der Waals surface area (Å²) in [7, 11) is -3.71. The first kappa shape index (κ1) is 15.5. The van der Waals surface area contributed by atoms with Crippen molar-refractivity contribution in [2.45, 2.75) is 4.90 Å². The van der Waals surface area contributed by atoms with Crippen molar-refractivity contribution >= 4 is 27.3 Å². The number of ether oxygens (including phenoxy) is 1. The number of para-hydroxylation sites is 1. The van der Waals surface area contributed by atoms with Crippen molar-refractivity contribution in [2.75, 3.05) is 13.2 Å². The Hall–Kier alpha value is -1.90. The molecular formula is C13H13NO5S2. The van der Waals surface area contributed by atoms with Crippen LogP contribution in [0.25, 0.3) is 0 Å². The summed E-state index contributed by atoms with van der Waals surface area (Å²) in [6.07, 6.45) is 0. The standard InChI is InChI=1S/C13H13NO5S2/c15-13(16)12-8-11(9-20-12)21(17,18)14-6-7-19-10-4-2-1-3-5-10/h1-5,8-9,14H,6-7H2,(H,15,16). The van der Waals surface area contributed by atoms with Crippen LogP contribution in [-0.4, -0.2) is 32.6 Å². The molecule has 0 aliphatic rings. The largest absolute Gasteiger partial charge is 0.492 e. The van der Waals surface area contributed by atoms with E-state index in [1.165, 1.54) is 5.38 Å². The smallest absolute Gasteiger partial charge is 0.345 e. The molecule has 0 radical (unpaired) electrons. The Morgan fingerprint density at radius 1 is 1.29 bits per heavy atom. The zero-order chi connectivity index (χ0) is 15.3. The number of hydrogen-bond acceptors (Lipinski definition) is 5. The van der Waals surface area contributed by atoms with Crippen LogP contribution in [0.15, 0.2) is 46.7 Å². The Labute approximate surface area is 126 Å². The molecular weight excluding hydrogens is 314 g/mol. The first-order valence-electron chi connectivity index (χ1n) is 5.98. The van der Waals surface area contributed by atoms with Crippen LogP contribution in [0, 0.1) is 0 Å². The van der Waals surface area contributed by atoms with Gasteiger partial charge in [-0.2, -0.15) is 0 Å². The fraction of sp³-hybridized carbons (Fsp3) is 0.154. The zero-order valence-electron chi connectivity index (χ0n) is 10.9. The van der Waals surface area contributed by atoms with Gasteiger partial charge in [0.25, 0.3) is 0 Å². The molecule has 2 N–H and O–H groups in total. The molecule has 0 fully saturated rings. The molecule has 0 amide bonds. The minimum Gasteiger partial charge on any atom is -0.492 e. The van der Waals surface area contributed by atoms with Crippen molar-refractivity contribution in [3.05, 3.63) is 46.7 Å². The van der Waals surface area contributed by atoms with Crippen LogP contribution in [0.4, 0.5) is 0 Å². The summed E-state index contributed by atoms with van der Waals surface area (Å²) in [6.45, 7) is 0.272. The molecule has 112 valence electrons. The summed E-state index contributed by atoms with van der Waals surface area (Å²) in [5.41, 5.74) is 0. The Morgan fingerprint density at radius 2 is 2.00 bits per heavy atom. The zero-order valence-corrected chi connectivity index (χ0v) is 12.5. The number of aromatic carboxylic acids is 1. The van der Waals surface area contributed by atoms with Gasteiger partial charge < -0.3 is 9.84 Å². The highest BCUT2D eigenvalue weighted by Crippen LogP contribution is 2.18. The average Bonchev–Trinajstić information content (AvgIpc) is 2.96. The Morgan fingerprint density at radius 3 is 2.62 bits per heavy atom. The Balaban J connectivity index is 1.88. The highest BCUT2D eigenvalue weighted by molar-refractivity contribution is 7.89. The Kier molecular flexibility index (Phi) is 4.94. The van der Waals surface area contributed by atoms with Crippen LogP contribution in [0.3, 0.4) is 0 Å². The first-order chi connectivity index (χ1) is 9.99. The minimum absolute atomic E-state index is 0.0177. The van der Waals surface area contributed by atoms with Gasteiger partial charge in [-0.05, 0) is 18.2 Å². The SMILES string of the molecule is O=C(O)c1cc(S(=O)(=O)NCCOc2ccccc2)cs1. The van der Waals surface area contributed by atoms with E-state index < -0.39 is 16.0 Å². The number of thiophene rings is 1. The lowest BCUT2D eigenvalue weighted by molar-refractivity contribution is 0.0702. The number of carboxylic acids is 1. The third-order valence-corrected chi connectivity index (χ3v) is 5.01. The van der Waals surface area contributed by atoms with E-state index in [2.05, 4.69) is 4.72 Å². The quantitative estimate of drug-likeness (QED) is 0.757. The number of benzene rings is 1. The van der Waals surface area contributed by atoms with Gasteiger partial charge in [0.05, 0.1) is 4.90 Å². The lowest BCUT2D eigenvalue weighted by Gasteiger charge is -2.07. The van der Waals surface area contributed by atoms with Crippen molar-refractivity contribution in [3.8, 4) is 5.75 Å². The second-order valence-electron chi connectivity index (χ2n) is 4.01. The van der Waals surface area contributed by atoms with Gasteiger partial charge in [0, 0.05) is 11.9 Å². The molecule has 0 aliphatic carbocycles. The number of nitrogens with one attached hydrogen (secondary N) is 1. The molecule has 2 rings (SSSR count). The second kappa shape index (κ2) is 6.70. The van der Waals surface area contributed by atoms with Crippen LogP contribution in [0.2, 0.25) is 0 Å². The van der Waals surface area contributed by atoms with E-state index in [1.807, 2.05) is 18.2 Å². The summed E-state index contributed by atoms with van der Waals surface area (Å²) in [5, 5.41) is 10.1. The predicted molar refractivity (Wildman–Crippen MR) is 78.4 cm³/mol. The lowest BCUT2D eigenvalue weighted by atomic mass is 10.3.